The van der Waals surface area contributed by atoms with Gasteiger partial charge in [0.05, 0.1) is 5.69 Å². The topological polar surface area (TPSA) is 69.8 Å². The fourth-order valence-corrected chi connectivity index (χ4v) is 2.42. The van der Waals surface area contributed by atoms with E-state index in [4.69, 9.17) is 4.98 Å². The first-order valence-corrected chi connectivity index (χ1v) is 9.86. The maximum atomic E-state index is 4.74. The lowest BCUT2D eigenvalue weighted by Crippen LogP contribution is -2.35. The molecule has 0 aliphatic rings. The Hall–Kier alpha value is -2.67. The van der Waals surface area contributed by atoms with E-state index >= 15 is 0 Å². The second-order valence-electron chi connectivity index (χ2n) is 6.13. The number of hydrazine groups is 1. The highest BCUT2D eigenvalue weighted by Crippen LogP contribution is 2.21. The summed E-state index contributed by atoms with van der Waals surface area (Å²) in [5.74, 6) is 1.35. The number of anilines is 1. The Balaban J connectivity index is 0.00000190. The number of nitrogens with zero attached hydrogens (tertiary/aromatic N) is 5. The smallest absolute Gasteiger partial charge is 0.233 e. The van der Waals surface area contributed by atoms with E-state index in [1.165, 1.54) is 0 Å². The predicted octanol–water partition coefficient (Wildman–Crippen LogP) is 3.26. The number of amidine groups is 1. The van der Waals surface area contributed by atoms with Gasteiger partial charge < -0.3 is 10.3 Å². The van der Waals surface area contributed by atoms with Crippen molar-refractivity contribution in [3.05, 3.63) is 35.8 Å². The molecule has 154 valence electrons. The lowest BCUT2D eigenvalue weighted by atomic mass is 10.1. The highest BCUT2D eigenvalue weighted by molar-refractivity contribution is 5.81. The number of aliphatic imine (C=N–C) groups is 1. The van der Waals surface area contributed by atoms with Crippen LogP contribution in [0.4, 0.5) is 11.6 Å². The summed E-state index contributed by atoms with van der Waals surface area (Å²) in [5, 5.41) is 0. The van der Waals surface area contributed by atoms with Crippen LogP contribution in [0, 0.1) is 0 Å². The molecule has 1 heterocycles. The average Bonchev–Trinajstić information content (AvgIpc) is 2.71. The van der Waals surface area contributed by atoms with E-state index in [1.54, 1.807) is 0 Å². The normalized spacial score (nSPS) is 11.7. The molecule has 0 fully saturated rings. The highest BCUT2D eigenvalue weighted by Gasteiger charge is 2.07. The Labute approximate surface area is 169 Å². The average molecular weight is 386 g/mol. The lowest BCUT2D eigenvalue weighted by molar-refractivity contribution is 0.680. The van der Waals surface area contributed by atoms with Crippen LogP contribution < -0.4 is 21.2 Å². The van der Waals surface area contributed by atoms with Crippen molar-refractivity contribution >= 4 is 17.5 Å². The second-order valence-corrected chi connectivity index (χ2v) is 6.13. The molecule has 7 heteroatoms. The molecule has 0 unspecified atom stereocenters. The third-order valence-electron chi connectivity index (χ3n) is 3.84. The maximum Gasteiger partial charge on any atom is 0.233 e. The van der Waals surface area contributed by atoms with Crippen LogP contribution in [-0.2, 0) is 7.05 Å². The molecule has 0 aliphatic carbocycles. The molecule has 1 aromatic heterocycles. The molecule has 2 aromatic rings. The monoisotopic (exact) mass is 385 g/mol. The first kappa shape index (κ1) is 23.4. The third kappa shape index (κ3) is 6.49. The molecule has 0 amide bonds. The van der Waals surface area contributed by atoms with E-state index in [0.29, 0.717) is 12.5 Å². The second kappa shape index (κ2) is 11.9. The standard InChI is InChI=1S/C19H29N7.C2H6/c1-7-20-18-13-17(15-9-11-16(12-10-15)25(4)5)23-19(26(18)6)22-14(3)24-21-8-2;1-2/h9-13,21H,7-8H2,1-6H3,(H,22,23,24);1-2H3. The van der Waals surface area contributed by atoms with Crippen LogP contribution in [-0.4, -0.2) is 42.6 Å². The van der Waals surface area contributed by atoms with Gasteiger partial charge in [-0.25, -0.2) is 10.4 Å². The highest BCUT2D eigenvalue weighted by atomic mass is 15.4. The Bertz CT molecular complexity index is 818. The van der Waals surface area contributed by atoms with Gasteiger partial charge >= 0.3 is 0 Å². The van der Waals surface area contributed by atoms with Crippen molar-refractivity contribution in [1.29, 1.82) is 0 Å². The van der Waals surface area contributed by atoms with E-state index in [-0.39, 0.29) is 0 Å². The first-order valence-electron chi connectivity index (χ1n) is 9.86. The van der Waals surface area contributed by atoms with E-state index in [1.807, 2.05) is 66.4 Å². The summed E-state index contributed by atoms with van der Waals surface area (Å²) in [6, 6.07) is 10.3. The number of aromatic nitrogens is 2. The number of nitrogens with one attached hydrogen (secondary N) is 2. The van der Waals surface area contributed by atoms with E-state index < -0.39 is 0 Å². The fourth-order valence-electron chi connectivity index (χ4n) is 2.42. The van der Waals surface area contributed by atoms with Gasteiger partial charge in [0.25, 0.3) is 0 Å². The molecule has 0 aliphatic heterocycles. The molecular formula is C21H35N7. The molecule has 0 spiro atoms. The van der Waals surface area contributed by atoms with E-state index in [9.17, 15) is 0 Å². The van der Waals surface area contributed by atoms with Crippen LogP contribution in [0.1, 0.15) is 34.6 Å². The molecule has 0 saturated heterocycles. The fraction of sp³-hybridized carbons (Fsp3) is 0.476. The van der Waals surface area contributed by atoms with Crippen molar-refractivity contribution in [2.24, 2.45) is 17.0 Å². The zero-order chi connectivity index (χ0) is 21.1. The molecule has 2 N–H and O–H groups in total. The molecule has 0 atom stereocenters. The number of rotatable bonds is 6. The van der Waals surface area contributed by atoms with Crippen molar-refractivity contribution in [3.8, 4) is 11.3 Å². The SMILES string of the molecule is CC.CCN=c1cc(-c2ccc(N(C)C)cc2)nc(/N=C(\C)NNCC)n1C. The van der Waals surface area contributed by atoms with Crippen molar-refractivity contribution in [2.75, 3.05) is 32.1 Å². The zero-order valence-electron chi connectivity index (χ0n) is 18.5. The van der Waals surface area contributed by atoms with E-state index in [2.05, 4.69) is 50.0 Å². The van der Waals surface area contributed by atoms with Gasteiger partial charge in [-0.05, 0) is 26.0 Å². The van der Waals surface area contributed by atoms with Gasteiger partial charge in [-0.15, -0.1) is 0 Å². The summed E-state index contributed by atoms with van der Waals surface area (Å²) >= 11 is 0. The third-order valence-corrected chi connectivity index (χ3v) is 3.84. The van der Waals surface area contributed by atoms with Crippen LogP contribution in [0.15, 0.2) is 40.3 Å². The van der Waals surface area contributed by atoms with Crippen LogP contribution >= 0.6 is 0 Å². The minimum Gasteiger partial charge on any atom is -0.378 e. The van der Waals surface area contributed by atoms with E-state index in [0.717, 1.165) is 34.8 Å². The quantitative estimate of drug-likeness (QED) is 0.455. The van der Waals surface area contributed by atoms with Gasteiger partial charge in [0.2, 0.25) is 5.95 Å². The summed E-state index contributed by atoms with van der Waals surface area (Å²) in [7, 11) is 5.99. The van der Waals surface area contributed by atoms with Gasteiger partial charge in [0.1, 0.15) is 11.3 Å². The number of hydrogen-bond donors (Lipinski definition) is 2. The molecular weight excluding hydrogens is 350 g/mol. The molecule has 0 radical (unpaired) electrons. The predicted molar refractivity (Wildman–Crippen MR) is 120 cm³/mol. The van der Waals surface area contributed by atoms with Crippen LogP contribution in [0.3, 0.4) is 0 Å². The van der Waals surface area contributed by atoms with Gasteiger partial charge in [-0.2, -0.15) is 4.99 Å². The Morgan fingerprint density at radius 2 is 1.79 bits per heavy atom. The number of benzene rings is 1. The molecule has 0 bridgehead atoms. The molecule has 2 rings (SSSR count). The van der Waals surface area contributed by atoms with Gasteiger partial charge in [-0.1, -0.05) is 32.9 Å². The molecule has 7 nitrogen and oxygen atoms in total. The van der Waals surface area contributed by atoms with Gasteiger partial charge in [0, 0.05) is 51.5 Å². The van der Waals surface area contributed by atoms with Crippen LogP contribution in [0.2, 0.25) is 0 Å². The first-order chi connectivity index (χ1) is 13.5. The minimum atomic E-state index is 0.606. The van der Waals surface area contributed by atoms with Crippen molar-refractivity contribution in [1.82, 2.24) is 20.4 Å². The minimum absolute atomic E-state index is 0.606. The summed E-state index contributed by atoms with van der Waals surface area (Å²) in [6.45, 7) is 11.5. The lowest BCUT2D eigenvalue weighted by Gasteiger charge is -2.13. The molecule has 28 heavy (non-hydrogen) atoms. The molecule has 0 saturated carbocycles. The van der Waals surface area contributed by atoms with Gasteiger partial charge in [0.15, 0.2) is 0 Å². The Morgan fingerprint density at radius 1 is 1.14 bits per heavy atom. The Kier molecular flexibility index (Phi) is 9.95. The van der Waals surface area contributed by atoms with Gasteiger partial charge in [-0.3, -0.25) is 9.56 Å². The zero-order valence-corrected chi connectivity index (χ0v) is 18.5. The number of hydrogen-bond acceptors (Lipinski definition) is 5. The summed E-state index contributed by atoms with van der Waals surface area (Å²) in [5.41, 5.74) is 9.99. The summed E-state index contributed by atoms with van der Waals surface area (Å²) in [6.07, 6.45) is 0. The molecule has 1 aromatic carbocycles. The van der Waals surface area contributed by atoms with Crippen molar-refractivity contribution in [3.63, 3.8) is 0 Å². The Morgan fingerprint density at radius 3 is 2.32 bits per heavy atom. The van der Waals surface area contributed by atoms with Crippen LogP contribution in [0.25, 0.3) is 11.3 Å². The largest absolute Gasteiger partial charge is 0.378 e. The van der Waals surface area contributed by atoms with Crippen LogP contribution in [0.5, 0.6) is 0 Å². The summed E-state index contributed by atoms with van der Waals surface area (Å²) in [4.78, 5) is 16.0. The van der Waals surface area contributed by atoms with Crippen molar-refractivity contribution < 1.29 is 0 Å². The maximum absolute atomic E-state index is 4.74. The van der Waals surface area contributed by atoms with Crippen molar-refractivity contribution in [2.45, 2.75) is 34.6 Å². The summed E-state index contributed by atoms with van der Waals surface area (Å²) < 4.78 is 1.90.